The van der Waals surface area contributed by atoms with E-state index in [1.807, 2.05) is 12.1 Å². The maximum atomic E-state index is 12.3. The lowest BCUT2D eigenvalue weighted by Crippen LogP contribution is -2.13. The lowest BCUT2D eigenvalue weighted by atomic mass is 9.98. The van der Waals surface area contributed by atoms with Gasteiger partial charge in [-0.1, -0.05) is 28.1 Å². The zero-order valence-corrected chi connectivity index (χ0v) is 14.0. The Balaban J connectivity index is 1.81. The van der Waals surface area contributed by atoms with Crippen molar-refractivity contribution in [1.82, 2.24) is 0 Å². The van der Waals surface area contributed by atoms with Crippen LogP contribution in [-0.4, -0.2) is 8.42 Å². The van der Waals surface area contributed by atoms with Crippen LogP contribution in [0.2, 0.25) is 0 Å². The van der Waals surface area contributed by atoms with E-state index in [0.29, 0.717) is 5.69 Å². The Morgan fingerprint density at radius 2 is 1.64 bits per heavy atom. The second-order valence-electron chi connectivity index (χ2n) is 5.33. The highest BCUT2D eigenvalue weighted by molar-refractivity contribution is 9.10. The second kappa shape index (κ2) is 5.41. The van der Waals surface area contributed by atoms with E-state index in [1.165, 1.54) is 12.1 Å². The Morgan fingerprint density at radius 1 is 1.05 bits per heavy atom. The Hall–Kier alpha value is -1.84. The van der Waals surface area contributed by atoms with Crippen molar-refractivity contribution in [2.24, 2.45) is 0 Å². The SMILES string of the molecule is N#CC1(c2ccc(NS(=O)(=O)c3ccc(Br)cc3)cc2)CC1. The molecule has 2 aromatic rings. The van der Waals surface area contributed by atoms with E-state index < -0.39 is 10.0 Å². The third-order valence-corrected chi connectivity index (χ3v) is 5.70. The molecule has 0 amide bonds. The van der Waals surface area contributed by atoms with Gasteiger partial charge in [0, 0.05) is 10.2 Å². The molecule has 0 aromatic heterocycles. The first-order valence-corrected chi connectivity index (χ1v) is 9.03. The van der Waals surface area contributed by atoms with Crippen molar-refractivity contribution in [3.63, 3.8) is 0 Å². The number of nitriles is 1. The Labute approximate surface area is 138 Å². The van der Waals surface area contributed by atoms with Crippen LogP contribution in [0.15, 0.2) is 57.9 Å². The second-order valence-corrected chi connectivity index (χ2v) is 7.93. The molecule has 3 rings (SSSR count). The van der Waals surface area contributed by atoms with Crippen LogP contribution in [0.3, 0.4) is 0 Å². The molecule has 1 N–H and O–H groups in total. The summed E-state index contributed by atoms with van der Waals surface area (Å²) in [7, 11) is -3.60. The zero-order valence-electron chi connectivity index (χ0n) is 11.6. The van der Waals surface area contributed by atoms with Crippen molar-refractivity contribution in [3.05, 3.63) is 58.6 Å². The molecule has 0 aliphatic heterocycles. The van der Waals surface area contributed by atoms with Gasteiger partial charge < -0.3 is 0 Å². The van der Waals surface area contributed by atoms with E-state index in [1.54, 1.807) is 24.3 Å². The van der Waals surface area contributed by atoms with Gasteiger partial charge in [0.25, 0.3) is 10.0 Å². The molecule has 0 unspecified atom stereocenters. The number of nitrogens with zero attached hydrogens (tertiary/aromatic N) is 1. The van der Waals surface area contributed by atoms with E-state index in [4.69, 9.17) is 0 Å². The number of hydrogen-bond donors (Lipinski definition) is 1. The molecule has 1 fully saturated rings. The summed E-state index contributed by atoms with van der Waals surface area (Å²) in [6.45, 7) is 0. The molecule has 0 heterocycles. The molecule has 112 valence electrons. The van der Waals surface area contributed by atoms with E-state index in [0.717, 1.165) is 22.9 Å². The Kier molecular flexibility index (Phi) is 3.71. The van der Waals surface area contributed by atoms with Gasteiger partial charge in [0.2, 0.25) is 0 Å². The van der Waals surface area contributed by atoms with Crippen LogP contribution in [0.25, 0.3) is 0 Å². The van der Waals surface area contributed by atoms with Crippen LogP contribution in [0.4, 0.5) is 5.69 Å². The molecular weight excluding hydrogens is 364 g/mol. The van der Waals surface area contributed by atoms with Gasteiger partial charge in [-0.2, -0.15) is 5.26 Å². The minimum absolute atomic E-state index is 0.204. The van der Waals surface area contributed by atoms with Crippen molar-refractivity contribution >= 4 is 31.6 Å². The molecule has 0 radical (unpaired) electrons. The predicted octanol–water partition coefficient (Wildman–Crippen LogP) is 3.81. The first-order valence-electron chi connectivity index (χ1n) is 6.75. The summed E-state index contributed by atoms with van der Waals surface area (Å²) in [5.41, 5.74) is 1.07. The third kappa shape index (κ3) is 2.87. The number of sulfonamides is 1. The van der Waals surface area contributed by atoms with Crippen LogP contribution in [0, 0.1) is 11.3 Å². The molecule has 0 atom stereocenters. The zero-order chi connectivity index (χ0) is 15.8. The summed E-state index contributed by atoms with van der Waals surface area (Å²) >= 11 is 3.28. The average Bonchev–Trinajstić information content (AvgIpc) is 3.29. The van der Waals surface area contributed by atoms with Crippen molar-refractivity contribution in [1.29, 1.82) is 5.26 Å². The topological polar surface area (TPSA) is 70.0 Å². The van der Waals surface area contributed by atoms with Gasteiger partial charge >= 0.3 is 0 Å². The molecular formula is C16H13BrN2O2S. The van der Waals surface area contributed by atoms with Gasteiger partial charge in [-0.3, -0.25) is 4.72 Å². The summed E-state index contributed by atoms with van der Waals surface area (Å²) in [5, 5.41) is 9.17. The highest BCUT2D eigenvalue weighted by Gasteiger charge is 2.44. The van der Waals surface area contributed by atoms with Gasteiger partial charge in [-0.25, -0.2) is 8.42 Å². The Morgan fingerprint density at radius 3 is 2.14 bits per heavy atom. The van der Waals surface area contributed by atoms with Crippen molar-refractivity contribution < 1.29 is 8.42 Å². The molecule has 0 spiro atoms. The number of rotatable bonds is 4. The standard InChI is InChI=1S/C16H13BrN2O2S/c17-13-3-7-15(8-4-13)22(20,21)19-14-5-1-12(2-6-14)16(11-18)9-10-16/h1-8,19H,9-10H2. The van der Waals surface area contributed by atoms with E-state index >= 15 is 0 Å². The van der Waals surface area contributed by atoms with E-state index in [-0.39, 0.29) is 10.3 Å². The highest BCUT2D eigenvalue weighted by Crippen LogP contribution is 2.47. The average molecular weight is 377 g/mol. The molecule has 1 aliphatic carbocycles. The van der Waals surface area contributed by atoms with Gasteiger partial charge in [-0.15, -0.1) is 0 Å². The number of anilines is 1. The lowest BCUT2D eigenvalue weighted by molar-refractivity contribution is 0.601. The minimum atomic E-state index is -3.60. The number of nitrogens with one attached hydrogen (secondary N) is 1. The molecule has 4 nitrogen and oxygen atoms in total. The number of hydrogen-bond acceptors (Lipinski definition) is 3. The van der Waals surface area contributed by atoms with Crippen LogP contribution in [0.1, 0.15) is 18.4 Å². The fourth-order valence-electron chi connectivity index (χ4n) is 2.28. The van der Waals surface area contributed by atoms with Crippen LogP contribution in [-0.2, 0) is 15.4 Å². The van der Waals surface area contributed by atoms with E-state index in [9.17, 15) is 13.7 Å². The molecule has 2 aromatic carbocycles. The molecule has 0 saturated heterocycles. The molecule has 0 bridgehead atoms. The third-order valence-electron chi connectivity index (χ3n) is 3.78. The van der Waals surface area contributed by atoms with Crippen LogP contribution in [0.5, 0.6) is 0 Å². The van der Waals surface area contributed by atoms with Gasteiger partial charge in [0.05, 0.1) is 16.4 Å². The molecule has 1 saturated carbocycles. The fraction of sp³-hybridized carbons (Fsp3) is 0.188. The first kappa shape index (κ1) is 15.1. The minimum Gasteiger partial charge on any atom is -0.280 e. The maximum absolute atomic E-state index is 12.3. The normalized spacial score (nSPS) is 15.8. The number of benzene rings is 2. The van der Waals surface area contributed by atoms with Gasteiger partial charge in [0.1, 0.15) is 0 Å². The quantitative estimate of drug-likeness (QED) is 0.881. The van der Waals surface area contributed by atoms with Crippen molar-refractivity contribution in [2.45, 2.75) is 23.2 Å². The Bertz CT molecular complexity index is 833. The molecule has 6 heteroatoms. The summed E-state index contributed by atoms with van der Waals surface area (Å²) < 4.78 is 27.9. The summed E-state index contributed by atoms with van der Waals surface area (Å²) in [4.78, 5) is 0.204. The van der Waals surface area contributed by atoms with Crippen LogP contribution < -0.4 is 4.72 Å². The highest BCUT2D eigenvalue weighted by atomic mass is 79.9. The van der Waals surface area contributed by atoms with Crippen molar-refractivity contribution in [3.8, 4) is 6.07 Å². The van der Waals surface area contributed by atoms with Crippen LogP contribution >= 0.6 is 15.9 Å². The number of halogens is 1. The molecule has 22 heavy (non-hydrogen) atoms. The summed E-state index contributed by atoms with van der Waals surface area (Å²) in [6.07, 6.45) is 1.74. The summed E-state index contributed by atoms with van der Waals surface area (Å²) in [6, 6.07) is 15.8. The molecule has 1 aliphatic rings. The largest absolute Gasteiger partial charge is 0.280 e. The van der Waals surface area contributed by atoms with E-state index in [2.05, 4.69) is 26.7 Å². The lowest BCUT2D eigenvalue weighted by Gasteiger charge is -2.10. The van der Waals surface area contributed by atoms with Gasteiger partial charge in [0.15, 0.2) is 0 Å². The predicted molar refractivity (Wildman–Crippen MR) is 87.9 cm³/mol. The fourth-order valence-corrected chi connectivity index (χ4v) is 3.60. The maximum Gasteiger partial charge on any atom is 0.261 e. The first-order chi connectivity index (χ1) is 10.5. The smallest absolute Gasteiger partial charge is 0.261 e. The van der Waals surface area contributed by atoms with Crippen molar-refractivity contribution in [2.75, 3.05) is 4.72 Å². The summed E-state index contributed by atoms with van der Waals surface area (Å²) in [5.74, 6) is 0. The monoisotopic (exact) mass is 376 g/mol. The van der Waals surface area contributed by atoms with Gasteiger partial charge in [-0.05, 0) is 54.8 Å².